The quantitative estimate of drug-likeness (QED) is 0.844. The van der Waals surface area contributed by atoms with E-state index in [1.54, 1.807) is 6.07 Å². The Hall–Kier alpha value is -0.410. The molecule has 2 atom stereocenters. The molecule has 2 rings (SSSR count). The number of sulfonamides is 1. The highest BCUT2D eigenvalue weighted by Gasteiger charge is 2.34. The van der Waals surface area contributed by atoms with Crippen LogP contribution in [0.4, 0.5) is 0 Å². The zero-order valence-corrected chi connectivity index (χ0v) is 14.8. The van der Waals surface area contributed by atoms with Gasteiger partial charge in [0.1, 0.15) is 10.7 Å². The van der Waals surface area contributed by atoms with Crippen molar-refractivity contribution < 1.29 is 17.6 Å². The van der Waals surface area contributed by atoms with Crippen molar-refractivity contribution in [3.05, 3.63) is 16.5 Å². The summed E-state index contributed by atoms with van der Waals surface area (Å²) in [5.41, 5.74) is 0. The minimum Gasteiger partial charge on any atom is -0.452 e. The lowest BCUT2D eigenvalue weighted by molar-refractivity contribution is -0.0441. The first-order valence-corrected chi connectivity index (χ1v) is 9.22. The summed E-state index contributed by atoms with van der Waals surface area (Å²) in [4.78, 5) is 0.178. The second-order valence-electron chi connectivity index (χ2n) is 5.21. The number of halogens is 1. The summed E-state index contributed by atoms with van der Waals surface area (Å²) in [7, 11) is -3.58. The van der Waals surface area contributed by atoms with E-state index in [4.69, 9.17) is 9.15 Å². The summed E-state index contributed by atoms with van der Waals surface area (Å²) in [5.74, 6) is 0.594. The molecule has 1 aliphatic rings. The van der Waals surface area contributed by atoms with Crippen molar-refractivity contribution >= 4 is 26.0 Å². The maximum Gasteiger partial charge on any atom is 0.247 e. The van der Waals surface area contributed by atoms with Crippen molar-refractivity contribution in [1.82, 2.24) is 9.62 Å². The number of morpholine rings is 1. The Kier molecular flexibility index (Phi) is 5.48. The molecule has 1 aromatic rings. The molecule has 6 nitrogen and oxygen atoms in total. The second-order valence-corrected chi connectivity index (χ2v) is 7.84. The van der Waals surface area contributed by atoms with Crippen molar-refractivity contribution in [2.75, 3.05) is 19.6 Å². The highest BCUT2D eigenvalue weighted by molar-refractivity contribution is 9.10. The summed E-state index contributed by atoms with van der Waals surface area (Å²) >= 11 is 3.21. The van der Waals surface area contributed by atoms with Gasteiger partial charge in [0.25, 0.3) is 0 Å². The van der Waals surface area contributed by atoms with Crippen LogP contribution < -0.4 is 5.32 Å². The maximum absolute atomic E-state index is 12.7. The molecule has 1 aromatic heterocycles. The van der Waals surface area contributed by atoms with Crippen LogP contribution in [0.5, 0.6) is 0 Å². The van der Waals surface area contributed by atoms with Crippen LogP contribution in [0.3, 0.4) is 0 Å². The van der Waals surface area contributed by atoms with Gasteiger partial charge in [0.15, 0.2) is 4.67 Å². The summed E-state index contributed by atoms with van der Waals surface area (Å²) in [6, 6.07) is 1.58. The summed E-state index contributed by atoms with van der Waals surface area (Å²) in [6.45, 7) is 7.73. The molecule has 1 aliphatic heterocycles. The van der Waals surface area contributed by atoms with Gasteiger partial charge in [0, 0.05) is 19.2 Å². The third-order valence-electron chi connectivity index (χ3n) is 3.26. The third kappa shape index (κ3) is 3.87. The third-order valence-corrected chi connectivity index (χ3v) is 5.95. The zero-order chi connectivity index (χ0) is 15.6. The standard InChI is InChI=1S/C13H21BrN2O4S/c1-4-15-6-11-5-12(13(14)20-11)21(17,18)16-7-9(2)19-10(3)8-16/h5,9-10,15H,4,6-8H2,1-3H3. The van der Waals surface area contributed by atoms with Crippen LogP contribution >= 0.6 is 15.9 Å². The number of ether oxygens (including phenoxy) is 1. The molecule has 2 heterocycles. The van der Waals surface area contributed by atoms with Gasteiger partial charge in [-0.2, -0.15) is 4.31 Å². The Morgan fingerprint density at radius 3 is 2.57 bits per heavy atom. The molecule has 0 aliphatic carbocycles. The summed E-state index contributed by atoms with van der Waals surface area (Å²) in [5, 5.41) is 3.11. The van der Waals surface area contributed by atoms with Gasteiger partial charge in [-0.15, -0.1) is 0 Å². The van der Waals surface area contributed by atoms with E-state index < -0.39 is 10.0 Å². The van der Waals surface area contributed by atoms with Gasteiger partial charge in [-0.1, -0.05) is 6.92 Å². The van der Waals surface area contributed by atoms with Crippen LogP contribution in [0.2, 0.25) is 0 Å². The minimum atomic E-state index is -3.58. The van der Waals surface area contributed by atoms with Gasteiger partial charge in [-0.25, -0.2) is 8.42 Å². The Bertz CT molecular complexity index is 577. The Balaban J connectivity index is 2.24. The van der Waals surface area contributed by atoms with E-state index >= 15 is 0 Å². The molecule has 0 amide bonds. The first kappa shape index (κ1) is 17.0. The van der Waals surface area contributed by atoms with Gasteiger partial charge in [0.2, 0.25) is 10.0 Å². The lowest BCUT2D eigenvalue weighted by atomic mass is 10.3. The van der Waals surface area contributed by atoms with Crippen LogP contribution in [0.25, 0.3) is 0 Å². The molecule has 0 bridgehead atoms. The maximum atomic E-state index is 12.7. The van der Waals surface area contributed by atoms with Gasteiger partial charge in [0.05, 0.1) is 18.8 Å². The molecule has 0 aromatic carbocycles. The molecule has 0 spiro atoms. The van der Waals surface area contributed by atoms with Crippen LogP contribution in [0.15, 0.2) is 20.0 Å². The Labute approximate surface area is 134 Å². The molecule has 1 N–H and O–H groups in total. The van der Waals surface area contributed by atoms with Crippen LogP contribution in [-0.2, 0) is 21.3 Å². The highest BCUT2D eigenvalue weighted by Crippen LogP contribution is 2.30. The van der Waals surface area contributed by atoms with Crippen molar-refractivity contribution in [3.8, 4) is 0 Å². The number of furan rings is 1. The molecule has 2 unspecified atom stereocenters. The predicted molar refractivity (Wildman–Crippen MR) is 82.6 cm³/mol. The van der Waals surface area contributed by atoms with Crippen molar-refractivity contribution in [2.24, 2.45) is 0 Å². The van der Waals surface area contributed by atoms with E-state index in [9.17, 15) is 8.42 Å². The zero-order valence-electron chi connectivity index (χ0n) is 12.4. The van der Waals surface area contributed by atoms with Crippen LogP contribution in [0, 0.1) is 0 Å². The minimum absolute atomic E-state index is 0.115. The van der Waals surface area contributed by atoms with Crippen molar-refractivity contribution in [3.63, 3.8) is 0 Å². The molecule has 1 fully saturated rings. The average Bonchev–Trinajstić information content (AvgIpc) is 2.77. The summed E-state index contributed by atoms with van der Waals surface area (Å²) < 4.78 is 38.3. The van der Waals surface area contributed by atoms with Gasteiger partial charge in [-0.3, -0.25) is 0 Å². The van der Waals surface area contributed by atoms with Crippen LogP contribution in [-0.4, -0.2) is 44.6 Å². The van der Waals surface area contributed by atoms with Crippen LogP contribution in [0.1, 0.15) is 26.5 Å². The molecular formula is C13H21BrN2O4S. The van der Waals surface area contributed by atoms with E-state index in [-0.39, 0.29) is 21.8 Å². The number of nitrogens with zero attached hydrogens (tertiary/aromatic N) is 1. The average molecular weight is 381 g/mol. The topological polar surface area (TPSA) is 71.8 Å². The van der Waals surface area contributed by atoms with Gasteiger partial charge < -0.3 is 14.5 Å². The number of hydrogen-bond donors (Lipinski definition) is 1. The Morgan fingerprint density at radius 1 is 1.38 bits per heavy atom. The van der Waals surface area contributed by atoms with Gasteiger partial charge >= 0.3 is 0 Å². The molecule has 0 saturated carbocycles. The molecular weight excluding hydrogens is 360 g/mol. The SMILES string of the molecule is CCNCc1cc(S(=O)(=O)N2CC(C)OC(C)C2)c(Br)o1. The van der Waals surface area contributed by atoms with E-state index in [1.807, 2.05) is 20.8 Å². The van der Waals surface area contributed by atoms with Crippen molar-refractivity contribution in [2.45, 2.75) is 44.4 Å². The van der Waals surface area contributed by atoms with E-state index in [0.717, 1.165) is 6.54 Å². The monoisotopic (exact) mass is 380 g/mol. The smallest absolute Gasteiger partial charge is 0.247 e. The number of rotatable bonds is 5. The molecule has 21 heavy (non-hydrogen) atoms. The van der Waals surface area contributed by atoms with E-state index in [1.165, 1.54) is 4.31 Å². The fourth-order valence-electron chi connectivity index (χ4n) is 2.38. The molecule has 8 heteroatoms. The Morgan fingerprint density at radius 2 is 2.00 bits per heavy atom. The highest BCUT2D eigenvalue weighted by atomic mass is 79.9. The van der Waals surface area contributed by atoms with Gasteiger partial charge in [-0.05, 0) is 36.3 Å². The summed E-state index contributed by atoms with van der Waals surface area (Å²) in [6.07, 6.45) is -0.231. The fourth-order valence-corrected chi connectivity index (χ4v) is 4.93. The lowest BCUT2D eigenvalue weighted by Gasteiger charge is -2.34. The normalized spacial score (nSPS) is 24.4. The molecule has 120 valence electrons. The number of hydrogen-bond acceptors (Lipinski definition) is 5. The largest absolute Gasteiger partial charge is 0.452 e. The van der Waals surface area contributed by atoms with E-state index in [2.05, 4.69) is 21.2 Å². The molecule has 0 radical (unpaired) electrons. The van der Waals surface area contributed by atoms with E-state index in [0.29, 0.717) is 25.4 Å². The fraction of sp³-hybridized carbons (Fsp3) is 0.692. The first-order valence-electron chi connectivity index (χ1n) is 6.99. The molecule has 1 saturated heterocycles. The number of nitrogens with one attached hydrogen (secondary N) is 1. The van der Waals surface area contributed by atoms with Crippen molar-refractivity contribution in [1.29, 1.82) is 0 Å². The second kappa shape index (κ2) is 6.78. The first-order chi connectivity index (χ1) is 9.84. The lowest BCUT2D eigenvalue weighted by Crippen LogP contribution is -2.48. The predicted octanol–water partition coefficient (Wildman–Crippen LogP) is 1.95.